The Morgan fingerprint density at radius 2 is 1.86 bits per heavy atom. The number of hydrogen-bond acceptors (Lipinski definition) is 4. The van der Waals surface area contributed by atoms with Crippen molar-refractivity contribution in [1.82, 2.24) is 4.90 Å². The highest BCUT2D eigenvalue weighted by atomic mass is 16.5. The van der Waals surface area contributed by atoms with Crippen LogP contribution in [0.25, 0.3) is 0 Å². The number of fused-ring (bicyclic) bond motifs is 1. The molecule has 0 unspecified atom stereocenters. The van der Waals surface area contributed by atoms with E-state index in [1.807, 2.05) is 36.4 Å². The fraction of sp³-hybridized carbons (Fsp3) is 0.391. The number of ether oxygens (including phenoxy) is 1. The number of hydrogen-bond donors (Lipinski definition) is 1. The van der Waals surface area contributed by atoms with Gasteiger partial charge >= 0.3 is 0 Å². The van der Waals surface area contributed by atoms with E-state index in [1.165, 1.54) is 5.56 Å². The van der Waals surface area contributed by atoms with Crippen LogP contribution in [-0.4, -0.2) is 42.9 Å². The molecule has 1 aliphatic carbocycles. The molecule has 1 aliphatic heterocycles. The van der Waals surface area contributed by atoms with Crippen molar-refractivity contribution in [1.29, 1.82) is 0 Å². The second kappa shape index (κ2) is 8.25. The van der Waals surface area contributed by atoms with Gasteiger partial charge in [0.1, 0.15) is 0 Å². The summed E-state index contributed by atoms with van der Waals surface area (Å²) in [6.07, 6.45) is 3.47. The number of anilines is 1. The van der Waals surface area contributed by atoms with Crippen molar-refractivity contribution in [3.63, 3.8) is 0 Å². The predicted molar refractivity (Wildman–Crippen MR) is 109 cm³/mol. The number of Topliss-reactive ketones (excluding diaryl/α,β-unsaturated/α-hetero) is 1. The second-order valence-corrected chi connectivity index (χ2v) is 7.70. The van der Waals surface area contributed by atoms with E-state index in [9.17, 15) is 9.59 Å². The fourth-order valence-corrected chi connectivity index (χ4v) is 4.04. The van der Waals surface area contributed by atoms with E-state index in [2.05, 4.69) is 17.3 Å². The number of benzene rings is 2. The van der Waals surface area contributed by atoms with Crippen molar-refractivity contribution < 1.29 is 14.3 Å². The maximum atomic E-state index is 12.6. The summed E-state index contributed by atoms with van der Waals surface area (Å²) in [7, 11) is 2.15. The smallest absolute Gasteiger partial charge is 0.255 e. The summed E-state index contributed by atoms with van der Waals surface area (Å²) in [6, 6.07) is 13.9. The molecule has 1 heterocycles. The average molecular weight is 378 g/mol. The van der Waals surface area contributed by atoms with Gasteiger partial charge < -0.3 is 10.1 Å². The first-order valence-corrected chi connectivity index (χ1v) is 9.94. The number of ketones is 1. The van der Waals surface area contributed by atoms with E-state index in [-0.39, 0.29) is 11.7 Å². The van der Waals surface area contributed by atoms with Crippen LogP contribution in [0, 0.1) is 0 Å². The van der Waals surface area contributed by atoms with Gasteiger partial charge in [0, 0.05) is 49.0 Å². The van der Waals surface area contributed by atoms with Crippen LogP contribution in [0.15, 0.2) is 42.5 Å². The molecule has 2 aromatic carbocycles. The maximum absolute atomic E-state index is 12.6. The number of nitrogens with one attached hydrogen (secondary N) is 1. The third-order valence-corrected chi connectivity index (χ3v) is 5.75. The van der Waals surface area contributed by atoms with Crippen molar-refractivity contribution >= 4 is 17.4 Å². The largest absolute Gasteiger partial charge is 0.381 e. The van der Waals surface area contributed by atoms with E-state index in [0.29, 0.717) is 18.0 Å². The summed E-state index contributed by atoms with van der Waals surface area (Å²) < 4.78 is 5.43. The van der Waals surface area contributed by atoms with Gasteiger partial charge in [-0.05, 0) is 67.8 Å². The third kappa shape index (κ3) is 4.16. The molecule has 2 aliphatic rings. The van der Waals surface area contributed by atoms with Gasteiger partial charge in [-0.1, -0.05) is 12.1 Å². The number of amides is 1. The molecule has 2 aromatic rings. The molecule has 0 radical (unpaired) electrons. The summed E-state index contributed by atoms with van der Waals surface area (Å²) in [5, 5.41) is 2.94. The Labute approximate surface area is 165 Å². The first-order chi connectivity index (χ1) is 13.6. The molecule has 0 spiro atoms. The minimum Gasteiger partial charge on any atom is -0.381 e. The monoisotopic (exact) mass is 378 g/mol. The van der Waals surface area contributed by atoms with Crippen LogP contribution in [0.2, 0.25) is 0 Å². The van der Waals surface area contributed by atoms with Gasteiger partial charge in [0.15, 0.2) is 5.78 Å². The van der Waals surface area contributed by atoms with E-state index >= 15 is 0 Å². The molecule has 0 bridgehead atoms. The molecule has 0 atom stereocenters. The minimum atomic E-state index is -0.131. The van der Waals surface area contributed by atoms with Crippen molar-refractivity contribution in [3.8, 4) is 0 Å². The topological polar surface area (TPSA) is 58.6 Å². The van der Waals surface area contributed by atoms with Crippen LogP contribution < -0.4 is 5.32 Å². The SMILES string of the molecule is CN(Cc1ccc(C(=O)Nc2ccc3c(c2)CCC3=O)cc1)C1CCOCC1. The summed E-state index contributed by atoms with van der Waals surface area (Å²) >= 11 is 0. The summed E-state index contributed by atoms with van der Waals surface area (Å²) in [5.41, 5.74) is 4.38. The Hall–Kier alpha value is -2.50. The molecule has 1 amide bonds. The van der Waals surface area contributed by atoms with Gasteiger partial charge in [-0.2, -0.15) is 0 Å². The number of rotatable bonds is 5. The third-order valence-electron chi connectivity index (χ3n) is 5.75. The quantitative estimate of drug-likeness (QED) is 0.862. The Morgan fingerprint density at radius 1 is 1.11 bits per heavy atom. The lowest BCUT2D eigenvalue weighted by Crippen LogP contribution is -2.36. The molecule has 146 valence electrons. The fourth-order valence-electron chi connectivity index (χ4n) is 4.04. The molecule has 5 nitrogen and oxygen atoms in total. The molecule has 1 N–H and O–H groups in total. The number of nitrogens with zero attached hydrogens (tertiary/aromatic N) is 1. The molecule has 1 saturated heterocycles. The number of carbonyl (C=O) groups is 2. The van der Waals surface area contributed by atoms with Crippen LogP contribution in [0.1, 0.15) is 51.1 Å². The molecule has 5 heteroatoms. The standard InChI is InChI=1S/C23H26N2O3/c1-25(20-10-12-28-13-11-20)15-16-2-4-17(5-3-16)23(27)24-19-7-8-21-18(14-19)6-9-22(21)26/h2-5,7-8,14,20H,6,9-13,15H2,1H3,(H,24,27). The molecule has 28 heavy (non-hydrogen) atoms. The van der Waals surface area contributed by atoms with Gasteiger partial charge in [0.05, 0.1) is 0 Å². The number of aryl methyl sites for hydroxylation is 1. The Bertz CT molecular complexity index is 870. The number of carbonyl (C=O) groups excluding carboxylic acids is 2. The Kier molecular flexibility index (Phi) is 5.55. The second-order valence-electron chi connectivity index (χ2n) is 7.70. The van der Waals surface area contributed by atoms with Crippen molar-refractivity contribution in [2.45, 2.75) is 38.3 Å². The van der Waals surface area contributed by atoms with Crippen molar-refractivity contribution in [2.24, 2.45) is 0 Å². The highest BCUT2D eigenvalue weighted by Gasteiger charge is 2.20. The first-order valence-electron chi connectivity index (χ1n) is 9.94. The summed E-state index contributed by atoms with van der Waals surface area (Å²) in [6.45, 7) is 2.54. The summed E-state index contributed by atoms with van der Waals surface area (Å²) in [5.74, 6) is 0.0581. The Balaban J connectivity index is 1.37. The lowest BCUT2D eigenvalue weighted by molar-refractivity contribution is 0.0407. The molecular formula is C23H26N2O3. The first kappa shape index (κ1) is 18.8. The minimum absolute atomic E-state index is 0.131. The van der Waals surface area contributed by atoms with Gasteiger partial charge in [-0.3, -0.25) is 14.5 Å². The van der Waals surface area contributed by atoms with Crippen LogP contribution in [-0.2, 0) is 17.7 Å². The summed E-state index contributed by atoms with van der Waals surface area (Å²) in [4.78, 5) is 26.7. The average Bonchev–Trinajstić information content (AvgIpc) is 3.09. The van der Waals surface area contributed by atoms with E-state index in [1.54, 1.807) is 6.07 Å². The normalized spacial score (nSPS) is 17.0. The van der Waals surface area contributed by atoms with Crippen molar-refractivity contribution in [3.05, 3.63) is 64.7 Å². The van der Waals surface area contributed by atoms with Gasteiger partial charge in [0.2, 0.25) is 0 Å². The molecule has 4 rings (SSSR count). The van der Waals surface area contributed by atoms with E-state index < -0.39 is 0 Å². The van der Waals surface area contributed by atoms with E-state index in [4.69, 9.17) is 4.74 Å². The van der Waals surface area contributed by atoms with Crippen LogP contribution in [0.3, 0.4) is 0 Å². The molecule has 0 saturated carbocycles. The van der Waals surface area contributed by atoms with Crippen LogP contribution in [0.5, 0.6) is 0 Å². The Morgan fingerprint density at radius 3 is 2.61 bits per heavy atom. The molecule has 0 aromatic heterocycles. The highest BCUT2D eigenvalue weighted by Crippen LogP contribution is 2.25. The van der Waals surface area contributed by atoms with Crippen LogP contribution in [0.4, 0.5) is 5.69 Å². The highest BCUT2D eigenvalue weighted by molar-refractivity contribution is 6.05. The zero-order valence-corrected chi connectivity index (χ0v) is 16.2. The van der Waals surface area contributed by atoms with Crippen molar-refractivity contribution in [2.75, 3.05) is 25.6 Å². The zero-order valence-electron chi connectivity index (χ0n) is 16.2. The maximum Gasteiger partial charge on any atom is 0.255 e. The van der Waals surface area contributed by atoms with Gasteiger partial charge in [-0.15, -0.1) is 0 Å². The lowest BCUT2D eigenvalue weighted by atomic mass is 10.1. The molecule has 1 fully saturated rings. The predicted octanol–water partition coefficient (Wildman–Crippen LogP) is 3.68. The van der Waals surface area contributed by atoms with Gasteiger partial charge in [-0.25, -0.2) is 0 Å². The zero-order chi connectivity index (χ0) is 19.5. The van der Waals surface area contributed by atoms with Gasteiger partial charge in [0.25, 0.3) is 5.91 Å². The lowest BCUT2D eigenvalue weighted by Gasteiger charge is -2.31. The van der Waals surface area contributed by atoms with Crippen LogP contribution >= 0.6 is 0 Å². The van der Waals surface area contributed by atoms with E-state index in [0.717, 1.165) is 55.8 Å². The molecular weight excluding hydrogens is 352 g/mol.